The highest BCUT2D eigenvalue weighted by molar-refractivity contribution is 6.30. The number of rotatable bonds is 7. The van der Waals surface area contributed by atoms with E-state index in [9.17, 15) is 9.59 Å². The summed E-state index contributed by atoms with van der Waals surface area (Å²) in [5.41, 5.74) is 2.64. The number of anilines is 1. The van der Waals surface area contributed by atoms with Crippen molar-refractivity contribution < 1.29 is 14.0 Å². The molecule has 1 aromatic heterocycles. The molecule has 0 aliphatic rings. The average Bonchev–Trinajstić information content (AvgIpc) is 3.21. The normalized spacial score (nSPS) is 10.4. The molecule has 0 spiro atoms. The Morgan fingerprint density at radius 2 is 1.78 bits per heavy atom. The Kier molecular flexibility index (Phi) is 6.28. The number of hydrogen-bond donors (Lipinski definition) is 2. The number of amides is 2. The number of hydrogen-bond acceptors (Lipinski definition) is 3. The van der Waals surface area contributed by atoms with E-state index in [2.05, 4.69) is 10.6 Å². The van der Waals surface area contributed by atoms with Gasteiger partial charge in [0.1, 0.15) is 0 Å². The predicted octanol–water partition coefficient (Wildman–Crippen LogP) is 4.43. The van der Waals surface area contributed by atoms with Gasteiger partial charge in [-0.3, -0.25) is 9.59 Å². The highest BCUT2D eigenvalue weighted by atomic mass is 35.5. The van der Waals surface area contributed by atoms with Crippen molar-refractivity contribution in [2.75, 3.05) is 5.32 Å². The quantitative estimate of drug-likeness (QED) is 0.634. The second-order valence-electron chi connectivity index (χ2n) is 6.03. The van der Waals surface area contributed by atoms with Crippen molar-refractivity contribution in [1.82, 2.24) is 5.32 Å². The molecule has 0 saturated carbocycles. The van der Waals surface area contributed by atoms with Crippen LogP contribution in [0.3, 0.4) is 0 Å². The van der Waals surface area contributed by atoms with Crippen LogP contribution in [0.4, 0.5) is 5.69 Å². The fourth-order valence-corrected chi connectivity index (χ4v) is 2.76. The minimum Gasteiger partial charge on any atom is -0.459 e. The van der Waals surface area contributed by atoms with Crippen molar-refractivity contribution >= 4 is 29.1 Å². The molecule has 0 aliphatic heterocycles. The number of furan rings is 1. The van der Waals surface area contributed by atoms with Crippen LogP contribution < -0.4 is 10.6 Å². The topological polar surface area (TPSA) is 71.3 Å². The van der Waals surface area contributed by atoms with Crippen molar-refractivity contribution in [3.05, 3.63) is 88.8 Å². The van der Waals surface area contributed by atoms with E-state index in [0.29, 0.717) is 30.1 Å². The Balaban J connectivity index is 1.44. The lowest BCUT2D eigenvalue weighted by atomic mass is 10.1. The number of halogens is 1. The first kappa shape index (κ1) is 18.7. The van der Waals surface area contributed by atoms with Gasteiger partial charge in [-0.15, -0.1) is 0 Å². The molecule has 1 heterocycles. The van der Waals surface area contributed by atoms with Gasteiger partial charge in [0.15, 0.2) is 5.76 Å². The molecule has 0 bridgehead atoms. The molecule has 27 heavy (non-hydrogen) atoms. The van der Waals surface area contributed by atoms with Crippen LogP contribution in [-0.4, -0.2) is 11.8 Å². The minimum absolute atomic E-state index is 0.0230. The molecule has 2 amide bonds. The Morgan fingerprint density at radius 1 is 0.963 bits per heavy atom. The number of aryl methyl sites for hydroxylation is 1. The van der Waals surface area contributed by atoms with Gasteiger partial charge in [-0.05, 0) is 53.9 Å². The second kappa shape index (κ2) is 9.05. The summed E-state index contributed by atoms with van der Waals surface area (Å²) in [6.07, 6.45) is 2.49. The molecular formula is C21H19ClN2O3. The standard InChI is InChI=1S/C21H19ClN2O3/c22-17-4-1-3-15(13-17)8-11-20(25)23-14-16-6-9-18(10-7-16)24-21(26)19-5-2-12-27-19/h1-7,9-10,12-13H,8,11,14H2,(H,23,25)(H,24,26). The summed E-state index contributed by atoms with van der Waals surface area (Å²) in [5, 5.41) is 6.31. The van der Waals surface area contributed by atoms with E-state index in [-0.39, 0.29) is 17.6 Å². The predicted molar refractivity (Wildman–Crippen MR) is 105 cm³/mol. The van der Waals surface area contributed by atoms with Gasteiger partial charge < -0.3 is 15.1 Å². The first-order valence-corrected chi connectivity index (χ1v) is 8.93. The summed E-state index contributed by atoms with van der Waals surface area (Å²) in [7, 11) is 0. The lowest BCUT2D eigenvalue weighted by Crippen LogP contribution is -2.23. The van der Waals surface area contributed by atoms with E-state index in [0.717, 1.165) is 11.1 Å². The maximum absolute atomic E-state index is 12.0. The molecule has 0 radical (unpaired) electrons. The van der Waals surface area contributed by atoms with Gasteiger partial charge in [0.05, 0.1) is 6.26 Å². The maximum atomic E-state index is 12.0. The lowest BCUT2D eigenvalue weighted by Gasteiger charge is -2.08. The van der Waals surface area contributed by atoms with E-state index in [4.69, 9.17) is 16.0 Å². The van der Waals surface area contributed by atoms with E-state index < -0.39 is 0 Å². The van der Waals surface area contributed by atoms with Gasteiger partial charge in [0, 0.05) is 23.7 Å². The van der Waals surface area contributed by atoms with E-state index in [1.165, 1.54) is 6.26 Å². The van der Waals surface area contributed by atoms with Crippen LogP contribution in [0.1, 0.15) is 28.1 Å². The summed E-state index contributed by atoms with van der Waals surface area (Å²) in [4.78, 5) is 23.9. The van der Waals surface area contributed by atoms with Crippen LogP contribution in [0.15, 0.2) is 71.3 Å². The molecule has 5 nitrogen and oxygen atoms in total. The lowest BCUT2D eigenvalue weighted by molar-refractivity contribution is -0.121. The van der Waals surface area contributed by atoms with Gasteiger partial charge in [-0.2, -0.15) is 0 Å². The number of carbonyl (C=O) groups excluding carboxylic acids is 2. The summed E-state index contributed by atoms with van der Waals surface area (Å²) in [5.74, 6) is -0.0710. The maximum Gasteiger partial charge on any atom is 0.291 e. The van der Waals surface area contributed by atoms with Gasteiger partial charge >= 0.3 is 0 Å². The molecule has 2 aromatic carbocycles. The van der Waals surface area contributed by atoms with Crippen molar-refractivity contribution in [3.63, 3.8) is 0 Å². The smallest absolute Gasteiger partial charge is 0.291 e. The largest absolute Gasteiger partial charge is 0.459 e. The van der Waals surface area contributed by atoms with Crippen LogP contribution in [0.5, 0.6) is 0 Å². The summed E-state index contributed by atoms with van der Waals surface area (Å²) >= 11 is 5.94. The highest BCUT2D eigenvalue weighted by Gasteiger charge is 2.08. The van der Waals surface area contributed by atoms with E-state index >= 15 is 0 Å². The van der Waals surface area contributed by atoms with Crippen molar-refractivity contribution in [2.45, 2.75) is 19.4 Å². The third-order valence-corrected chi connectivity index (χ3v) is 4.21. The first-order valence-electron chi connectivity index (χ1n) is 8.55. The van der Waals surface area contributed by atoms with E-state index in [1.807, 2.05) is 36.4 Å². The summed E-state index contributed by atoms with van der Waals surface area (Å²) in [6.45, 7) is 0.431. The van der Waals surface area contributed by atoms with E-state index in [1.54, 1.807) is 24.3 Å². The molecule has 138 valence electrons. The van der Waals surface area contributed by atoms with Crippen molar-refractivity contribution in [1.29, 1.82) is 0 Å². The van der Waals surface area contributed by atoms with Gasteiger partial charge in [-0.1, -0.05) is 35.9 Å². The summed E-state index contributed by atoms with van der Waals surface area (Å²) in [6, 6.07) is 18.1. The fraction of sp³-hybridized carbons (Fsp3) is 0.143. The molecule has 0 unspecified atom stereocenters. The molecule has 0 atom stereocenters. The molecule has 0 fully saturated rings. The molecule has 6 heteroatoms. The zero-order valence-corrected chi connectivity index (χ0v) is 15.3. The number of nitrogens with one attached hydrogen (secondary N) is 2. The Hall–Kier alpha value is -3.05. The summed E-state index contributed by atoms with van der Waals surface area (Å²) < 4.78 is 5.05. The second-order valence-corrected chi connectivity index (χ2v) is 6.47. The van der Waals surface area contributed by atoms with Crippen LogP contribution in [0, 0.1) is 0 Å². The number of carbonyl (C=O) groups is 2. The molecule has 3 aromatic rings. The highest BCUT2D eigenvalue weighted by Crippen LogP contribution is 2.13. The molecule has 3 rings (SSSR count). The van der Waals surface area contributed by atoms with Crippen LogP contribution in [0.25, 0.3) is 0 Å². The van der Waals surface area contributed by atoms with Crippen LogP contribution in [0.2, 0.25) is 5.02 Å². The third kappa shape index (κ3) is 5.72. The van der Waals surface area contributed by atoms with Gasteiger partial charge in [0.2, 0.25) is 5.91 Å². The average molecular weight is 383 g/mol. The monoisotopic (exact) mass is 382 g/mol. The Labute approximate surface area is 162 Å². The molecular weight excluding hydrogens is 364 g/mol. The fourth-order valence-electron chi connectivity index (χ4n) is 2.55. The van der Waals surface area contributed by atoms with Gasteiger partial charge in [0.25, 0.3) is 5.91 Å². The van der Waals surface area contributed by atoms with Crippen molar-refractivity contribution in [3.8, 4) is 0 Å². The first-order chi connectivity index (χ1) is 13.1. The van der Waals surface area contributed by atoms with Crippen LogP contribution >= 0.6 is 11.6 Å². The minimum atomic E-state index is -0.304. The zero-order valence-electron chi connectivity index (χ0n) is 14.6. The Morgan fingerprint density at radius 3 is 2.48 bits per heavy atom. The zero-order chi connectivity index (χ0) is 19.1. The van der Waals surface area contributed by atoms with Crippen molar-refractivity contribution in [2.24, 2.45) is 0 Å². The molecule has 2 N–H and O–H groups in total. The van der Waals surface area contributed by atoms with Gasteiger partial charge in [-0.25, -0.2) is 0 Å². The SMILES string of the molecule is O=C(CCc1cccc(Cl)c1)NCc1ccc(NC(=O)c2ccco2)cc1. The Bertz CT molecular complexity index is 905. The number of benzene rings is 2. The third-order valence-electron chi connectivity index (χ3n) is 3.98. The molecule has 0 saturated heterocycles. The van der Waals surface area contributed by atoms with Crippen LogP contribution in [-0.2, 0) is 17.8 Å². The molecule has 0 aliphatic carbocycles.